The molecule has 1 aliphatic rings. The molecule has 0 heteroatoms. The van der Waals surface area contributed by atoms with Gasteiger partial charge in [-0.15, -0.1) is 0 Å². The number of hydrogen-bond donors (Lipinski definition) is 0. The molecule has 0 atom stereocenters. The van der Waals surface area contributed by atoms with Crippen molar-refractivity contribution in [2.75, 3.05) is 0 Å². The van der Waals surface area contributed by atoms with Crippen LogP contribution in [0.15, 0.2) is 78.9 Å². The van der Waals surface area contributed by atoms with Crippen molar-refractivity contribution < 1.29 is 0 Å². The standard InChI is InChI=1S/C25H19/c1-25(2)23-10-6-5-9-21(23)22-14-13-20(16-24(22)25)19-12-11-17-7-3-4-8-18(17)15-19/h3-15H,1-2H3. The van der Waals surface area contributed by atoms with Gasteiger partial charge in [0.05, 0.1) is 0 Å². The van der Waals surface area contributed by atoms with Crippen LogP contribution in [-0.2, 0) is 5.41 Å². The Morgan fingerprint density at radius 3 is 2.32 bits per heavy atom. The van der Waals surface area contributed by atoms with Crippen molar-refractivity contribution in [3.05, 3.63) is 96.1 Å². The molecule has 5 rings (SSSR count). The van der Waals surface area contributed by atoms with Gasteiger partial charge in [-0.1, -0.05) is 86.6 Å². The Bertz CT molecular complexity index is 1120. The Balaban J connectivity index is 1.69. The van der Waals surface area contributed by atoms with Gasteiger partial charge in [-0.05, 0) is 56.3 Å². The molecule has 4 aromatic rings. The van der Waals surface area contributed by atoms with E-state index in [1.807, 2.05) is 0 Å². The Morgan fingerprint density at radius 2 is 1.44 bits per heavy atom. The highest BCUT2D eigenvalue weighted by Crippen LogP contribution is 2.49. The minimum Gasteiger partial charge on any atom is -0.0619 e. The van der Waals surface area contributed by atoms with Gasteiger partial charge >= 0.3 is 0 Å². The van der Waals surface area contributed by atoms with Crippen LogP contribution in [0.1, 0.15) is 25.0 Å². The average molecular weight is 319 g/mol. The number of hydrogen-bond acceptors (Lipinski definition) is 0. The first-order valence-corrected chi connectivity index (χ1v) is 8.80. The van der Waals surface area contributed by atoms with E-state index in [-0.39, 0.29) is 5.41 Å². The minimum absolute atomic E-state index is 0.00121. The van der Waals surface area contributed by atoms with Gasteiger partial charge in [0.25, 0.3) is 0 Å². The summed E-state index contributed by atoms with van der Waals surface area (Å²) in [6.45, 7) is 4.61. The van der Waals surface area contributed by atoms with Gasteiger partial charge in [-0.2, -0.15) is 0 Å². The summed E-state index contributed by atoms with van der Waals surface area (Å²) < 4.78 is 0. The van der Waals surface area contributed by atoms with Crippen molar-refractivity contribution in [3.8, 4) is 22.3 Å². The maximum absolute atomic E-state index is 3.74. The Labute approximate surface area is 148 Å². The lowest BCUT2D eigenvalue weighted by Crippen LogP contribution is -2.15. The van der Waals surface area contributed by atoms with E-state index in [0.29, 0.717) is 0 Å². The molecule has 0 fully saturated rings. The Morgan fingerprint density at radius 1 is 0.680 bits per heavy atom. The molecule has 0 amide bonds. The summed E-state index contributed by atoms with van der Waals surface area (Å²) in [6, 6.07) is 32.1. The molecule has 0 aromatic heterocycles. The third kappa shape index (κ3) is 2.07. The van der Waals surface area contributed by atoms with Crippen LogP contribution in [0.4, 0.5) is 0 Å². The molecule has 0 saturated carbocycles. The summed E-state index contributed by atoms with van der Waals surface area (Å²) in [4.78, 5) is 0. The van der Waals surface area contributed by atoms with Crippen molar-refractivity contribution in [1.29, 1.82) is 0 Å². The van der Waals surface area contributed by atoms with Crippen molar-refractivity contribution in [3.63, 3.8) is 0 Å². The van der Waals surface area contributed by atoms with Crippen LogP contribution in [0.5, 0.6) is 0 Å². The summed E-state index contributed by atoms with van der Waals surface area (Å²) in [7, 11) is 0. The van der Waals surface area contributed by atoms with Crippen LogP contribution in [0.25, 0.3) is 33.0 Å². The van der Waals surface area contributed by atoms with Gasteiger partial charge in [-0.25, -0.2) is 0 Å². The second-order valence-electron chi connectivity index (χ2n) is 7.39. The number of rotatable bonds is 1. The zero-order valence-corrected chi connectivity index (χ0v) is 14.5. The van der Waals surface area contributed by atoms with Crippen LogP contribution in [0.3, 0.4) is 0 Å². The van der Waals surface area contributed by atoms with Crippen LogP contribution < -0.4 is 0 Å². The zero-order valence-electron chi connectivity index (χ0n) is 14.5. The molecule has 0 nitrogen and oxygen atoms in total. The second kappa shape index (κ2) is 5.07. The van der Waals surface area contributed by atoms with Crippen LogP contribution in [-0.4, -0.2) is 0 Å². The molecule has 0 spiro atoms. The highest BCUT2D eigenvalue weighted by molar-refractivity contribution is 5.88. The third-order valence-electron chi connectivity index (χ3n) is 5.52. The van der Waals surface area contributed by atoms with E-state index >= 15 is 0 Å². The molecular weight excluding hydrogens is 300 g/mol. The molecule has 25 heavy (non-hydrogen) atoms. The van der Waals surface area contributed by atoms with Crippen molar-refractivity contribution >= 4 is 10.8 Å². The third-order valence-corrected chi connectivity index (χ3v) is 5.52. The summed E-state index contributed by atoms with van der Waals surface area (Å²) in [5.74, 6) is 0. The van der Waals surface area contributed by atoms with E-state index < -0.39 is 0 Å². The molecule has 0 N–H and O–H groups in total. The topological polar surface area (TPSA) is 0 Å². The minimum atomic E-state index is -0.00121. The Kier molecular flexibility index (Phi) is 2.93. The van der Waals surface area contributed by atoms with Gasteiger partial charge < -0.3 is 0 Å². The molecule has 0 bridgehead atoms. The van der Waals surface area contributed by atoms with Gasteiger partial charge in [0.1, 0.15) is 0 Å². The summed E-state index contributed by atoms with van der Waals surface area (Å²) in [5, 5.41) is 2.55. The fourth-order valence-corrected chi connectivity index (χ4v) is 4.13. The molecule has 0 heterocycles. The summed E-state index contributed by atoms with van der Waals surface area (Å²) in [6.07, 6.45) is 0. The normalized spacial score (nSPS) is 14.3. The lowest BCUT2D eigenvalue weighted by molar-refractivity contribution is 0.659. The van der Waals surface area contributed by atoms with Crippen LogP contribution in [0.2, 0.25) is 0 Å². The van der Waals surface area contributed by atoms with E-state index in [4.69, 9.17) is 0 Å². The van der Waals surface area contributed by atoms with Crippen LogP contribution in [0, 0.1) is 6.07 Å². The lowest BCUT2D eigenvalue weighted by Gasteiger charge is -2.21. The first-order valence-electron chi connectivity index (χ1n) is 8.80. The quantitative estimate of drug-likeness (QED) is 0.370. The van der Waals surface area contributed by atoms with Gasteiger partial charge in [0, 0.05) is 5.41 Å². The first-order chi connectivity index (χ1) is 12.1. The molecular formula is C25H19. The molecule has 1 radical (unpaired) electrons. The number of benzene rings is 4. The van der Waals surface area contributed by atoms with Crippen molar-refractivity contribution in [2.45, 2.75) is 19.3 Å². The van der Waals surface area contributed by atoms with Crippen molar-refractivity contribution in [2.24, 2.45) is 0 Å². The second-order valence-corrected chi connectivity index (χ2v) is 7.39. The first kappa shape index (κ1) is 14.5. The van der Waals surface area contributed by atoms with E-state index in [2.05, 4.69) is 98.8 Å². The van der Waals surface area contributed by atoms with Crippen molar-refractivity contribution in [1.82, 2.24) is 0 Å². The molecule has 119 valence electrons. The average Bonchev–Trinajstić information content (AvgIpc) is 2.89. The molecule has 0 saturated heterocycles. The number of fused-ring (bicyclic) bond motifs is 4. The SMILES string of the molecule is CC1(C)c2[c]c(-c3ccc4ccccc4c3)ccc2-c2ccccc21. The van der Waals surface area contributed by atoms with Crippen LogP contribution >= 0.6 is 0 Å². The Hall–Kier alpha value is -2.86. The lowest BCUT2D eigenvalue weighted by atomic mass is 9.81. The highest BCUT2D eigenvalue weighted by atomic mass is 14.4. The predicted octanol–water partition coefficient (Wildman–Crippen LogP) is 6.61. The highest BCUT2D eigenvalue weighted by Gasteiger charge is 2.35. The van der Waals surface area contributed by atoms with E-state index in [0.717, 1.165) is 0 Å². The van der Waals surface area contributed by atoms with Gasteiger partial charge in [0.15, 0.2) is 0 Å². The molecule has 0 unspecified atom stereocenters. The van der Waals surface area contributed by atoms with E-state index in [1.165, 1.54) is 44.2 Å². The maximum Gasteiger partial charge on any atom is 0.0165 e. The summed E-state index contributed by atoms with van der Waals surface area (Å²) in [5.41, 5.74) is 7.78. The van der Waals surface area contributed by atoms with E-state index in [9.17, 15) is 0 Å². The molecule has 1 aliphatic carbocycles. The van der Waals surface area contributed by atoms with Gasteiger partial charge in [-0.3, -0.25) is 0 Å². The fraction of sp³-hybridized carbons (Fsp3) is 0.120. The molecule has 4 aromatic carbocycles. The smallest absolute Gasteiger partial charge is 0.0165 e. The zero-order chi connectivity index (χ0) is 17.0. The largest absolute Gasteiger partial charge is 0.0619 e. The maximum atomic E-state index is 3.74. The molecule has 0 aliphatic heterocycles. The van der Waals surface area contributed by atoms with Gasteiger partial charge in [0.2, 0.25) is 0 Å². The summed E-state index contributed by atoms with van der Waals surface area (Å²) >= 11 is 0. The fourth-order valence-electron chi connectivity index (χ4n) is 4.13. The van der Waals surface area contributed by atoms with E-state index in [1.54, 1.807) is 0 Å². The predicted molar refractivity (Wildman–Crippen MR) is 106 cm³/mol. The monoisotopic (exact) mass is 319 g/mol.